The molecular weight excluding hydrogens is 248 g/mol. The molecule has 0 aliphatic carbocycles. The van der Waals surface area contributed by atoms with Crippen molar-refractivity contribution in [2.24, 2.45) is 0 Å². The monoisotopic (exact) mass is 257 g/mol. The predicted octanol–water partition coefficient (Wildman–Crippen LogP) is 4.10. The second-order valence-electron chi connectivity index (χ2n) is 4.24. The lowest BCUT2D eigenvalue weighted by Crippen LogP contribution is -2.08. The van der Waals surface area contributed by atoms with Crippen LogP contribution in [-0.4, -0.2) is 6.03 Å². The molecule has 2 amide bonds. The van der Waals surface area contributed by atoms with Crippen molar-refractivity contribution < 1.29 is 4.79 Å². The molecule has 18 heavy (non-hydrogen) atoms. The van der Waals surface area contributed by atoms with E-state index >= 15 is 0 Å². The number of nitrogens with zero attached hydrogens (tertiary/aromatic N) is 1. The predicted molar refractivity (Wildman–Crippen MR) is 72.4 cm³/mol. The number of carbonyl (C=O) groups excluding carboxylic acids is 1. The Bertz CT molecular complexity index is 652. The summed E-state index contributed by atoms with van der Waals surface area (Å²) in [6.45, 7) is 1.99. The number of anilines is 1. The summed E-state index contributed by atoms with van der Waals surface area (Å²) in [7, 11) is 0. The van der Waals surface area contributed by atoms with Gasteiger partial charge in [0.15, 0.2) is 0 Å². The molecular formula is C14H10ClN2O. The summed E-state index contributed by atoms with van der Waals surface area (Å²) in [5, 5.41) is 7.30. The summed E-state index contributed by atoms with van der Waals surface area (Å²) >= 11 is 6.00. The van der Waals surface area contributed by atoms with E-state index in [0.29, 0.717) is 10.7 Å². The molecule has 0 atom stereocenters. The zero-order valence-corrected chi connectivity index (χ0v) is 10.5. The Hall–Kier alpha value is -2.00. The summed E-state index contributed by atoms with van der Waals surface area (Å²) < 4.78 is 0. The highest BCUT2D eigenvalue weighted by Gasteiger charge is 2.20. The van der Waals surface area contributed by atoms with Crippen molar-refractivity contribution in [3.8, 4) is 11.1 Å². The number of hydrogen-bond acceptors (Lipinski definition) is 1. The largest absolute Gasteiger partial charge is 0.346 e. The fraction of sp³-hybridized carbons (Fsp3) is 0.0714. The lowest BCUT2D eigenvalue weighted by molar-refractivity contribution is 0.256. The van der Waals surface area contributed by atoms with Crippen molar-refractivity contribution in [1.29, 1.82) is 0 Å². The van der Waals surface area contributed by atoms with Gasteiger partial charge in [-0.3, -0.25) is 0 Å². The number of hydrogen-bond donors (Lipinski definition) is 1. The molecule has 1 N–H and O–H groups in total. The topological polar surface area (TPSA) is 43.2 Å². The minimum Gasteiger partial charge on any atom is -0.304 e. The van der Waals surface area contributed by atoms with E-state index in [9.17, 15) is 4.79 Å². The SMILES string of the molecule is Cc1cc2c(cc1-c1cccc(Cl)c1)NC(=O)[N]2. The Morgan fingerprint density at radius 2 is 2.06 bits per heavy atom. The third-order valence-corrected chi connectivity index (χ3v) is 3.18. The van der Waals surface area contributed by atoms with Crippen molar-refractivity contribution in [2.75, 3.05) is 5.32 Å². The Balaban J connectivity index is 2.14. The quantitative estimate of drug-likeness (QED) is 0.821. The molecule has 0 saturated carbocycles. The second kappa shape index (κ2) is 4.03. The Labute approximate surface area is 110 Å². The minimum absolute atomic E-state index is 0.312. The van der Waals surface area contributed by atoms with Crippen LogP contribution in [0.15, 0.2) is 36.4 Å². The lowest BCUT2D eigenvalue weighted by atomic mass is 9.99. The zero-order valence-electron chi connectivity index (χ0n) is 9.70. The van der Waals surface area contributed by atoms with E-state index in [0.717, 1.165) is 22.4 Å². The van der Waals surface area contributed by atoms with Crippen molar-refractivity contribution in [1.82, 2.24) is 5.32 Å². The summed E-state index contributed by atoms with van der Waals surface area (Å²) in [5.74, 6) is 0. The van der Waals surface area contributed by atoms with E-state index in [1.54, 1.807) is 0 Å². The maximum Gasteiger partial charge on any atom is 0.346 e. The van der Waals surface area contributed by atoms with Gasteiger partial charge in [0.05, 0.1) is 11.4 Å². The van der Waals surface area contributed by atoms with Gasteiger partial charge in [0.1, 0.15) is 0 Å². The first-order valence-electron chi connectivity index (χ1n) is 5.57. The summed E-state index contributed by atoms with van der Waals surface area (Å²) in [6, 6.07) is 11.2. The van der Waals surface area contributed by atoms with E-state index in [2.05, 4.69) is 10.6 Å². The Morgan fingerprint density at radius 1 is 1.22 bits per heavy atom. The van der Waals surface area contributed by atoms with Gasteiger partial charge in [-0.25, -0.2) is 4.79 Å². The average molecular weight is 258 g/mol. The summed E-state index contributed by atoms with van der Waals surface area (Å²) in [6.07, 6.45) is 0. The summed E-state index contributed by atoms with van der Waals surface area (Å²) in [4.78, 5) is 11.2. The van der Waals surface area contributed by atoms with Crippen LogP contribution >= 0.6 is 11.6 Å². The molecule has 0 saturated heterocycles. The third kappa shape index (κ3) is 1.83. The first-order valence-corrected chi connectivity index (χ1v) is 5.94. The highest BCUT2D eigenvalue weighted by atomic mass is 35.5. The normalized spacial score (nSPS) is 12.9. The molecule has 1 heterocycles. The number of rotatable bonds is 1. The highest BCUT2D eigenvalue weighted by molar-refractivity contribution is 6.30. The van der Waals surface area contributed by atoms with Crippen LogP contribution in [0.3, 0.4) is 0 Å². The van der Waals surface area contributed by atoms with Crippen molar-refractivity contribution in [2.45, 2.75) is 6.92 Å². The molecule has 1 aliphatic heterocycles. The Morgan fingerprint density at radius 3 is 2.83 bits per heavy atom. The molecule has 89 valence electrons. The van der Waals surface area contributed by atoms with E-state index < -0.39 is 0 Å². The third-order valence-electron chi connectivity index (χ3n) is 2.94. The number of aryl methyl sites for hydroxylation is 1. The van der Waals surface area contributed by atoms with Crippen LogP contribution in [0.1, 0.15) is 5.56 Å². The minimum atomic E-state index is -0.312. The zero-order chi connectivity index (χ0) is 12.7. The van der Waals surface area contributed by atoms with Gasteiger partial charge in [-0.2, -0.15) is 5.32 Å². The number of halogens is 1. The van der Waals surface area contributed by atoms with Gasteiger partial charge in [-0.15, -0.1) is 0 Å². The van der Waals surface area contributed by atoms with Gasteiger partial charge < -0.3 is 5.32 Å². The molecule has 1 aliphatic rings. The Kier molecular flexibility index (Phi) is 2.49. The van der Waals surface area contributed by atoms with Crippen LogP contribution in [0, 0.1) is 6.92 Å². The number of urea groups is 1. The van der Waals surface area contributed by atoms with Crippen LogP contribution in [0.2, 0.25) is 5.02 Å². The van der Waals surface area contributed by atoms with Crippen molar-refractivity contribution in [3.05, 3.63) is 47.0 Å². The van der Waals surface area contributed by atoms with Gasteiger partial charge in [0.25, 0.3) is 0 Å². The smallest absolute Gasteiger partial charge is 0.304 e. The molecule has 3 nitrogen and oxygen atoms in total. The van der Waals surface area contributed by atoms with Crippen LogP contribution < -0.4 is 10.6 Å². The van der Waals surface area contributed by atoms with E-state index in [4.69, 9.17) is 11.6 Å². The molecule has 0 aromatic heterocycles. The number of benzene rings is 2. The standard InChI is InChI=1S/C14H10ClN2O/c1-8-5-12-13(17-14(18)16-12)7-11(8)9-3-2-4-10(15)6-9/h2-7H,1H3,(H,17,18). The van der Waals surface area contributed by atoms with Gasteiger partial charge in [0.2, 0.25) is 0 Å². The van der Waals surface area contributed by atoms with Gasteiger partial charge in [-0.1, -0.05) is 23.7 Å². The number of fused-ring (bicyclic) bond motifs is 1. The molecule has 4 heteroatoms. The van der Waals surface area contributed by atoms with E-state index in [1.165, 1.54) is 0 Å². The first-order chi connectivity index (χ1) is 8.63. The maximum atomic E-state index is 11.2. The fourth-order valence-electron chi connectivity index (χ4n) is 2.10. The summed E-state index contributed by atoms with van der Waals surface area (Å²) in [5.41, 5.74) is 4.60. The molecule has 0 bridgehead atoms. The molecule has 3 rings (SSSR count). The van der Waals surface area contributed by atoms with Crippen molar-refractivity contribution >= 4 is 29.0 Å². The van der Waals surface area contributed by atoms with Crippen molar-refractivity contribution in [3.63, 3.8) is 0 Å². The van der Waals surface area contributed by atoms with Gasteiger partial charge in [0, 0.05) is 5.02 Å². The van der Waals surface area contributed by atoms with Crippen LogP contribution in [-0.2, 0) is 0 Å². The number of amides is 2. The fourth-order valence-corrected chi connectivity index (χ4v) is 2.30. The number of carbonyl (C=O) groups is 1. The number of nitrogens with one attached hydrogen (secondary N) is 1. The van der Waals surface area contributed by atoms with Gasteiger partial charge >= 0.3 is 6.03 Å². The lowest BCUT2D eigenvalue weighted by Gasteiger charge is -2.08. The van der Waals surface area contributed by atoms with Gasteiger partial charge in [-0.05, 0) is 47.9 Å². The van der Waals surface area contributed by atoms with E-state index in [1.807, 2.05) is 43.3 Å². The second-order valence-corrected chi connectivity index (χ2v) is 4.67. The van der Waals surface area contributed by atoms with Crippen LogP contribution in [0.25, 0.3) is 11.1 Å². The maximum absolute atomic E-state index is 11.2. The average Bonchev–Trinajstić information content (AvgIpc) is 2.67. The van der Waals surface area contributed by atoms with E-state index in [-0.39, 0.29) is 6.03 Å². The molecule has 2 aromatic rings. The molecule has 0 fully saturated rings. The highest BCUT2D eigenvalue weighted by Crippen LogP contribution is 2.35. The van der Waals surface area contributed by atoms with Crippen LogP contribution in [0.4, 0.5) is 16.2 Å². The molecule has 1 radical (unpaired) electrons. The molecule has 0 spiro atoms. The molecule has 0 unspecified atom stereocenters. The molecule has 2 aromatic carbocycles. The first kappa shape index (κ1) is 11.1. The van der Waals surface area contributed by atoms with Crippen LogP contribution in [0.5, 0.6) is 0 Å².